The van der Waals surface area contributed by atoms with Crippen molar-refractivity contribution in [3.63, 3.8) is 0 Å². The molecule has 0 aromatic carbocycles. The van der Waals surface area contributed by atoms with Gasteiger partial charge < -0.3 is 14.7 Å². The highest BCUT2D eigenvalue weighted by Crippen LogP contribution is 2.18. The van der Waals surface area contributed by atoms with Crippen LogP contribution in [0.25, 0.3) is 0 Å². The Hall–Kier alpha value is -3.01. The first kappa shape index (κ1) is 19.3. The van der Waals surface area contributed by atoms with Gasteiger partial charge in [-0.05, 0) is 24.3 Å². The van der Waals surface area contributed by atoms with E-state index in [2.05, 4.69) is 9.38 Å². The van der Waals surface area contributed by atoms with Crippen molar-refractivity contribution in [3.8, 4) is 0 Å². The van der Waals surface area contributed by atoms with Gasteiger partial charge in [0.05, 0.1) is 17.7 Å². The second-order valence-corrected chi connectivity index (χ2v) is 8.77. The fourth-order valence-electron chi connectivity index (χ4n) is 3.44. The van der Waals surface area contributed by atoms with Crippen LogP contribution in [0, 0.1) is 0 Å². The molecule has 0 N–H and O–H groups in total. The van der Waals surface area contributed by atoms with Crippen LogP contribution in [0.1, 0.15) is 5.69 Å². The molecule has 0 unspecified atom stereocenters. The molecule has 3 aliphatic heterocycles. The van der Waals surface area contributed by atoms with Crippen molar-refractivity contribution in [2.45, 2.75) is 6.42 Å². The zero-order chi connectivity index (χ0) is 20.4. The molecule has 0 bridgehead atoms. The lowest BCUT2D eigenvalue weighted by molar-refractivity contribution is -0.137. The molecule has 1 aromatic rings. The maximum Gasteiger partial charge on any atom is 0.256 e. The zero-order valence-corrected chi connectivity index (χ0v) is 16.6. The van der Waals surface area contributed by atoms with Gasteiger partial charge in [0, 0.05) is 50.8 Å². The van der Waals surface area contributed by atoms with Gasteiger partial charge in [-0.1, -0.05) is 6.07 Å². The number of carbonyl (C=O) groups is 2. The zero-order valence-electron chi connectivity index (χ0n) is 15.8. The average molecular weight is 415 g/mol. The van der Waals surface area contributed by atoms with E-state index in [1.54, 1.807) is 39.2 Å². The molecular formula is C19H21N5O4S. The fourth-order valence-corrected chi connectivity index (χ4v) is 4.41. The summed E-state index contributed by atoms with van der Waals surface area (Å²) in [6.07, 6.45) is 6.71. The van der Waals surface area contributed by atoms with E-state index >= 15 is 0 Å². The molecule has 0 saturated carbocycles. The molecule has 1 fully saturated rings. The summed E-state index contributed by atoms with van der Waals surface area (Å²) in [5.41, 5.74) is 1.21. The molecule has 0 atom stereocenters. The SMILES string of the molecule is O=C(Cc1ccccn1)N1CCN(C(=O)C2=CN3CCS(=O)(=O)N=C3C=C2)CC1. The smallest absolute Gasteiger partial charge is 0.256 e. The molecule has 0 aliphatic carbocycles. The third-order valence-corrected chi connectivity index (χ3v) is 6.21. The highest BCUT2D eigenvalue weighted by atomic mass is 32.2. The first-order valence-electron chi connectivity index (χ1n) is 9.37. The Balaban J connectivity index is 1.34. The highest BCUT2D eigenvalue weighted by Gasteiger charge is 2.29. The summed E-state index contributed by atoms with van der Waals surface area (Å²) in [5, 5.41) is 0. The van der Waals surface area contributed by atoms with E-state index < -0.39 is 10.0 Å². The molecule has 0 spiro atoms. The van der Waals surface area contributed by atoms with Gasteiger partial charge in [-0.3, -0.25) is 14.6 Å². The molecule has 4 heterocycles. The Kier molecular flexibility index (Phi) is 5.18. The normalized spacial score (nSPS) is 20.6. The number of nitrogens with zero attached hydrogens (tertiary/aromatic N) is 5. The van der Waals surface area contributed by atoms with Gasteiger partial charge in [-0.15, -0.1) is 4.40 Å². The largest absolute Gasteiger partial charge is 0.339 e. The van der Waals surface area contributed by atoms with Gasteiger partial charge in [0.25, 0.3) is 15.9 Å². The van der Waals surface area contributed by atoms with Crippen molar-refractivity contribution >= 4 is 27.7 Å². The number of sulfonamides is 1. The minimum absolute atomic E-state index is 0.00274. The summed E-state index contributed by atoms with van der Waals surface area (Å²) in [4.78, 5) is 34.6. The maximum absolute atomic E-state index is 12.8. The molecule has 10 heteroatoms. The molecule has 29 heavy (non-hydrogen) atoms. The third-order valence-electron chi connectivity index (χ3n) is 5.05. The van der Waals surface area contributed by atoms with Crippen LogP contribution in [-0.4, -0.2) is 84.2 Å². The quantitative estimate of drug-likeness (QED) is 0.677. The van der Waals surface area contributed by atoms with Crippen molar-refractivity contribution in [1.82, 2.24) is 19.7 Å². The third kappa shape index (κ3) is 4.37. The van der Waals surface area contributed by atoms with Crippen LogP contribution >= 0.6 is 0 Å². The minimum Gasteiger partial charge on any atom is -0.339 e. The average Bonchev–Trinajstić information content (AvgIpc) is 2.73. The number of piperazine rings is 1. The standard InChI is InChI=1S/C19H21N5O4S/c25-18(13-16-3-1-2-6-20-16)22-7-9-23(10-8-22)19(26)15-4-5-17-21-29(27,28)12-11-24(17)14-15/h1-6,14H,7-13H2. The van der Waals surface area contributed by atoms with E-state index in [1.165, 1.54) is 0 Å². The van der Waals surface area contributed by atoms with E-state index in [-0.39, 0.29) is 30.5 Å². The molecule has 4 rings (SSSR count). The van der Waals surface area contributed by atoms with E-state index in [1.807, 2.05) is 18.2 Å². The summed E-state index contributed by atoms with van der Waals surface area (Å²) >= 11 is 0. The van der Waals surface area contributed by atoms with Crippen LogP contribution < -0.4 is 0 Å². The molecule has 3 aliphatic rings. The molecule has 1 saturated heterocycles. The summed E-state index contributed by atoms with van der Waals surface area (Å²) in [7, 11) is -3.42. The van der Waals surface area contributed by atoms with Crippen molar-refractivity contribution in [2.75, 3.05) is 38.5 Å². The van der Waals surface area contributed by atoms with Gasteiger partial charge in [0.2, 0.25) is 5.91 Å². The molecular weight excluding hydrogens is 394 g/mol. The summed E-state index contributed by atoms with van der Waals surface area (Å²) < 4.78 is 26.9. The Morgan fingerprint density at radius 3 is 2.48 bits per heavy atom. The van der Waals surface area contributed by atoms with Gasteiger partial charge >= 0.3 is 0 Å². The fraction of sp³-hybridized carbons (Fsp3) is 0.368. The van der Waals surface area contributed by atoms with Crippen molar-refractivity contribution in [3.05, 3.63) is 54.0 Å². The Labute approximate surface area is 169 Å². The van der Waals surface area contributed by atoms with E-state index in [0.717, 1.165) is 5.69 Å². The second kappa shape index (κ2) is 7.78. The lowest BCUT2D eigenvalue weighted by Gasteiger charge is -2.35. The summed E-state index contributed by atoms with van der Waals surface area (Å²) in [6, 6.07) is 5.48. The number of amides is 2. The highest BCUT2D eigenvalue weighted by molar-refractivity contribution is 7.90. The van der Waals surface area contributed by atoms with E-state index in [0.29, 0.717) is 37.6 Å². The van der Waals surface area contributed by atoms with Gasteiger partial charge in [0.1, 0.15) is 5.84 Å². The Morgan fingerprint density at radius 2 is 1.76 bits per heavy atom. The number of amidine groups is 1. The first-order chi connectivity index (χ1) is 13.9. The minimum atomic E-state index is -3.42. The summed E-state index contributed by atoms with van der Waals surface area (Å²) in [6.45, 7) is 2.13. The predicted molar refractivity (Wildman–Crippen MR) is 106 cm³/mol. The number of hydrogen-bond acceptors (Lipinski definition) is 6. The number of carbonyl (C=O) groups excluding carboxylic acids is 2. The summed E-state index contributed by atoms with van der Waals surface area (Å²) in [5.74, 6) is 0.130. The van der Waals surface area contributed by atoms with Crippen LogP contribution in [0.5, 0.6) is 0 Å². The number of pyridine rings is 1. The lowest BCUT2D eigenvalue weighted by atomic mass is 10.1. The van der Waals surface area contributed by atoms with Crippen LogP contribution in [0.3, 0.4) is 0 Å². The Bertz CT molecular complexity index is 1010. The van der Waals surface area contributed by atoms with Crippen LogP contribution in [0.15, 0.2) is 52.7 Å². The van der Waals surface area contributed by atoms with Crippen LogP contribution in [-0.2, 0) is 26.0 Å². The number of aromatic nitrogens is 1. The number of fused-ring (bicyclic) bond motifs is 1. The first-order valence-corrected chi connectivity index (χ1v) is 11.0. The second-order valence-electron chi connectivity index (χ2n) is 7.02. The van der Waals surface area contributed by atoms with Crippen molar-refractivity contribution in [1.29, 1.82) is 0 Å². The molecule has 1 aromatic heterocycles. The van der Waals surface area contributed by atoms with Crippen LogP contribution in [0.2, 0.25) is 0 Å². The van der Waals surface area contributed by atoms with Crippen molar-refractivity contribution in [2.24, 2.45) is 4.40 Å². The van der Waals surface area contributed by atoms with Crippen LogP contribution in [0.4, 0.5) is 0 Å². The molecule has 2 amide bonds. The number of hydrogen-bond donors (Lipinski definition) is 0. The maximum atomic E-state index is 12.8. The van der Waals surface area contributed by atoms with E-state index in [4.69, 9.17) is 0 Å². The monoisotopic (exact) mass is 415 g/mol. The van der Waals surface area contributed by atoms with E-state index in [9.17, 15) is 18.0 Å². The van der Waals surface area contributed by atoms with Crippen molar-refractivity contribution < 1.29 is 18.0 Å². The molecule has 152 valence electrons. The lowest BCUT2D eigenvalue weighted by Crippen LogP contribution is -2.51. The predicted octanol–water partition coefficient (Wildman–Crippen LogP) is -0.207. The van der Waals surface area contributed by atoms with Gasteiger partial charge in [-0.25, -0.2) is 8.42 Å². The number of rotatable bonds is 3. The topological polar surface area (TPSA) is 103 Å². The van der Waals surface area contributed by atoms with Gasteiger partial charge in [0.15, 0.2) is 0 Å². The molecule has 9 nitrogen and oxygen atoms in total. The van der Waals surface area contributed by atoms with Gasteiger partial charge in [-0.2, -0.15) is 0 Å². The molecule has 0 radical (unpaired) electrons. The Morgan fingerprint density at radius 1 is 1.00 bits per heavy atom.